The van der Waals surface area contributed by atoms with Gasteiger partial charge in [0, 0.05) is 11.4 Å². The third-order valence-electron chi connectivity index (χ3n) is 2.84. The minimum Gasteiger partial charge on any atom is -0.491 e. The molecular weight excluding hydrogens is 288 g/mol. The zero-order chi connectivity index (χ0) is 15.2. The molecule has 0 aromatic heterocycles. The van der Waals surface area contributed by atoms with Crippen molar-refractivity contribution in [2.45, 2.75) is 13.3 Å². The van der Waals surface area contributed by atoms with E-state index in [0.29, 0.717) is 22.1 Å². The van der Waals surface area contributed by atoms with Crippen molar-refractivity contribution in [1.29, 1.82) is 0 Å². The minimum atomic E-state index is -0.135. The van der Waals surface area contributed by atoms with E-state index in [1.807, 2.05) is 19.1 Å². The van der Waals surface area contributed by atoms with Crippen molar-refractivity contribution in [2.75, 3.05) is 17.7 Å². The molecule has 2 aromatic rings. The Morgan fingerprint density at radius 3 is 2.81 bits per heavy atom. The lowest BCUT2D eigenvalue weighted by atomic mass is 10.2. The fraction of sp³-hybridized carbons (Fsp3) is 0.188. The van der Waals surface area contributed by atoms with Gasteiger partial charge in [0.1, 0.15) is 5.75 Å². The fourth-order valence-electron chi connectivity index (χ4n) is 1.82. The van der Waals surface area contributed by atoms with Crippen LogP contribution in [0.25, 0.3) is 0 Å². The molecule has 0 atom stereocenters. The number of aryl methyl sites for hydroxylation is 1. The number of nitrogen functional groups attached to an aromatic ring is 1. The number of carbonyl (C=O) groups excluding carboxylic acids is 1. The molecule has 0 bridgehead atoms. The average molecular weight is 305 g/mol. The summed E-state index contributed by atoms with van der Waals surface area (Å²) in [5, 5.41) is 3.31. The van der Waals surface area contributed by atoms with Gasteiger partial charge in [-0.2, -0.15) is 0 Å². The number of amides is 1. The van der Waals surface area contributed by atoms with Crippen molar-refractivity contribution in [3.63, 3.8) is 0 Å². The zero-order valence-electron chi connectivity index (χ0n) is 11.7. The molecule has 5 heteroatoms. The number of halogens is 1. The quantitative estimate of drug-likeness (QED) is 0.829. The predicted molar refractivity (Wildman–Crippen MR) is 85.8 cm³/mol. The molecule has 0 fully saturated rings. The van der Waals surface area contributed by atoms with E-state index >= 15 is 0 Å². The molecule has 0 unspecified atom stereocenters. The Morgan fingerprint density at radius 1 is 1.29 bits per heavy atom. The second kappa shape index (κ2) is 6.99. The summed E-state index contributed by atoms with van der Waals surface area (Å²) < 4.78 is 5.51. The van der Waals surface area contributed by atoms with Gasteiger partial charge in [-0.1, -0.05) is 23.7 Å². The number of hydrogen-bond acceptors (Lipinski definition) is 3. The van der Waals surface area contributed by atoms with Crippen molar-refractivity contribution in [3.05, 3.63) is 53.1 Å². The predicted octanol–water partition coefficient (Wildman–Crippen LogP) is 3.64. The second-order valence-corrected chi connectivity index (χ2v) is 5.11. The normalized spacial score (nSPS) is 10.2. The Kier molecular flexibility index (Phi) is 5.06. The van der Waals surface area contributed by atoms with Crippen LogP contribution < -0.4 is 15.8 Å². The first-order valence-corrected chi connectivity index (χ1v) is 6.97. The second-order valence-electron chi connectivity index (χ2n) is 4.71. The topological polar surface area (TPSA) is 64.3 Å². The third-order valence-corrected chi connectivity index (χ3v) is 3.14. The third kappa shape index (κ3) is 4.68. The Bertz CT molecular complexity index is 644. The standard InChI is InChI=1S/C16H17ClN2O2/c1-11-5-6-15(14(17)9-11)21-8-7-16(20)19-13-4-2-3-12(18)10-13/h2-6,9-10H,7-8,18H2,1H3,(H,19,20). The molecule has 4 nitrogen and oxygen atoms in total. The first-order chi connectivity index (χ1) is 10.0. The van der Waals surface area contributed by atoms with E-state index in [0.717, 1.165) is 5.56 Å². The van der Waals surface area contributed by atoms with Crippen molar-refractivity contribution < 1.29 is 9.53 Å². The van der Waals surface area contributed by atoms with Crippen LogP contribution in [0.5, 0.6) is 5.75 Å². The minimum absolute atomic E-state index is 0.135. The Balaban J connectivity index is 1.81. The zero-order valence-corrected chi connectivity index (χ0v) is 12.5. The summed E-state index contributed by atoms with van der Waals surface area (Å²) in [5.41, 5.74) is 7.99. The highest BCUT2D eigenvalue weighted by atomic mass is 35.5. The maximum Gasteiger partial charge on any atom is 0.227 e. The van der Waals surface area contributed by atoms with Crippen LogP contribution in [0.15, 0.2) is 42.5 Å². The number of rotatable bonds is 5. The molecular formula is C16H17ClN2O2. The van der Waals surface area contributed by atoms with Crippen LogP contribution in [0.2, 0.25) is 5.02 Å². The van der Waals surface area contributed by atoms with Crippen LogP contribution in [-0.2, 0) is 4.79 Å². The van der Waals surface area contributed by atoms with Gasteiger partial charge in [0.15, 0.2) is 0 Å². The Morgan fingerprint density at radius 2 is 2.10 bits per heavy atom. The SMILES string of the molecule is Cc1ccc(OCCC(=O)Nc2cccc(N)c2)c(Cl)c1. The average Bonchev–Trinajstić information content (AvgIpc) is 2.41. The van der Waals surface area contributed by atoms with Gasteiger partial charge in [-0.25, -0.2) is 0 Å². The highest BCUT2D eigenvalue weighted by molar-refractivity contribution is 6.32. The number of nitrogens with one attached hydrogen (secondary N) is 1. The lowest BCUT2D eigenvalue weighted by molar-refractivity contribution is -0.116. The number of ether oxygens (including phenoxy) is 1. The van der Waals surface area contributed by atoms with Gasteiger partial charge in [0.25, 0.3) is 0 Å². The largest absolute Gasteiger partial charge is 0.491 e. The number of nitrogens with two attached hydrogens (primary N) is 1. The van der Waals surface area contributed by atoms with Crippen LogP contribution in [0.3, 0.4) is 0 Å². The molecule has 0 aliphatic rings. The Labute approximate surface area is 128 Å². The monoisotopic (exact) mass is 304 g/mol. The highest BCUT2D eigenvalue weighted by Crippen LogP contribution is 2.25. The summed E-state index contributed by atoms with van der Waals surface area (Å²) >= 11 is 6.05. The van der Waals surface area contributed by atoms with Crippen molar-refractivity contribution in [3.8, 4) is 5.75 Å². The molecule has 2 rings (SSSR count). The van der Waals surface area contributed by atoms with Gasteiger partial charge in [0.2, 0.25) is 5.91 Å². The number of carbonyl (C=O) groups is 1. The molecule has 110 valence electrons. The van der Waals surface area contributed by atoms with Crippen LogP contribution in [-0.4, -0.2) is 12.5 Å². The van der Waals surface area contributed by atoms with Gasteiger partial charge in [-0.3, -0.25) is 4.79 Å². The fourth-order valence-corrected chi connectivity index (χ4v) is 2.11. The highest BCUT2D eigenvalue weighted by Gasteiger charge is 2.05. The van der Waals surface area contributed by atoms with Crippen LogP contribution in [0, 0.1) is 6.92 Å². The van der Waals surface area contributed by atoms with Gasteiger partial charge in [0.05, 0.1) is 18.1 Å². The summed E-state index contributed by atoms with van der Waals surface area (Å²) in [6.07, 6.45) is 0.235. The molecule has 0 aliphatic carbocycles. The lowest BCUT2D eigenvalue weighted by Gasteiger charge is -2.09. The van der Waals surface area contributed by atoms with Crippen molar-refractivity contribution >= 4 is 28.9 Å². The number of benzene rings is 2. The van der Waals surface area contributed by atoms with Gasteiger partial charge >= 0.3 is 0 Å². The van der Waals surface area contributed by atoms with Crippen LogP contribution in [0.4, 0.5) is 11.4 Å². The lowest BCUT2D eigenvalue weighted by Crippen LogP contribution is -2.15. The van der Waals surface area contributed by atoms with E-state index in [1.54, 1.807) is 30.3 Å². The van der Waals surface area contributed by atoms with Crippen molar-refractivity contribution in [2.24, 2.45) is 0 Å². The molecule has 3 N–H and O–H groups in total. The van der Waals surface area contributed by atoms with E-state index in [1.165, 1.54) is 0 Å². The maximum atomic E-state index is 11.8. The van der Waals surface area contributed by atoms with E-state index in [4.69, 9.17) is 22.1 Å². The van der Waals surface area contributed by atoms with Gasteiger partial charge in [-0.05, 0) is 42.8 Å². The van der Waals surface area contributed by atoms with E-state index in [9.17, 15) is 4.79 Å². The molecule has 0 saturated carbocycles. The molecule has 0 heterocycles. The summed E-state index contributed by atoms with van der Waals surface area (Å²) in [6.45, 7) is 2.21. The number of anilines is 2. The van der Waals surface area contributed by atoms with Crippen LogP contribution in [0.1, 0.15) is 12.0 Å². The van der Waals surface area contributed by atoms with E-state index < -0.39 is 0 Å². The van der Waals surface area contributed by atoms with E-state index in [-0.39, 0.29) is 18.9 Å². The van der Waals surface area contributed by atoms with Gasteiger partial charge < -0.3 is 15.8 Å². The molecule has 0 saturated heterocycles. The summed E-state index contributed by atoms with van der Waals surface area (Å²) in [4.78, 5) is 11.8. The maximum absolute atomic E-state index is 11.8. The van der Waals surface area contributed by atoms with Gasteiger partial charge in [-0.15, -0.1) is 0 Å². The molecule has 21 heavy (non-hydrogen) atoms. The number of hydrogen-bond donors (Lipinski definition) is 2. The van der Waals surface area contributed by atoms with Crippen LogP contribution >= 0.6 is 11.6 Å². The summed E-state index contributed by atoms with van der Waals surface area (Å²) in [5.74, 6) is 0.447. The Hall–Kier alpha value is -2.20. The smallest absolute Gasteiger partial charge is 0.227 e. The van der Waals surface area contributed by atoms with Crippen molar-refractivity contribution in [1.82, 2.24) is 0 Å². The van der Waals surface area contributed by atoms with E-state index in [2.05, 4.69) is 5.32 Å². The molecule has 1 amide bonds. The first kappa shape index (κ1) is 15.2. The summed E-state index contributed by atoms with van der Waals surface area (Å²) in [7, 11) is 0. The summed E-state index contributed by atoms with van der Waals surface area (Å²) in [6, 6.07) is 12.6. The molecule has 0 aliphatic heterocycles. The molecule has 2 aromatic carbocycles. The first-order valence-electron chi connectivity index (χ1n) is 6.59. The molecule has 0 radical (unpaired) electrons. The molecule has 0 spiro atoms.